The quantitative estimate of drug-likeness (QED) is 0.475. The Kier molecular flexibility index (Phi) is 3.00. The van der Waals surface area contributed by atoms with Gasteiger partial charge in [0.15, 0.2) is 0 Å². The van der Waals surface area contributed by atoms with Gasteiger partial charge >= 0.3 is 0 Å². The second-order valence-electron chi connectivity index (χ2n) is 1.84. The molecule has 0 unspecified atom stereocenters. The molecule has 0 atom stereocenters. The van der Waals surface area contributed by atoms with Gasteiger partial charge in [-0.2, -0.15) is 0 Å². The van der Waals surface area contributed by atoms with Crippen LogP contribution in [0.2, 0.25) is 0 Å². The highest BCUT2D eigenvalue weighted by Crippen LogP contribution is 1.71. The van der Waals surface area contributed by atoms with Crippen molar-refractivity contribution in [1.82, 2.24) is 5.32 Å². The van der Waals surface area contributed by atoms with Crippen LogP contribution in [-0.2, 0) is 0 Å². The molecule has 0 aromatic heterocycles. The maximum absolute atomic E-state index is 4.09. The molecular weight excluding hydrogens is 114 g/mol. The van der Waals surface area contributed by atoms with E-state index in [4.69, 9.17) is 0 Å². The summed E-state index contributed by atoms with van der Waals surface area (Å²) in [4.78, 5) is 8.14. The summed E-state index contributed by atoms with van der Waals surface area (Å²) in [7, 11) is 0. The topological polar surface area (TPSA) is 36.8 Å². The van der Waals surface area contributed by atoms with Gasteiger partial charge in [-0.05, 0) is 0 Å². The van der Waals surface area contributed by atoms with Gasteiger partial charge in [0.2, 0.25) is 0 Å². The van der Waals surface area contributed by atoms with E-state index in [0.717, 1.165) is 26.2 Å². The molecule has 50 valence electrons. The summed E-state index contributed by atoms with van der Waals surface area (Å²) in [5.74, 6) is 0. The van der Waals surface area contributed by atoms with E-state index >= 15 is 0 Å². The largest absolute Gasteiger partial charge is 0.310 e. The van der Waals surface area contributed by atoms with Gasteiger partial charge < -0.3 is 5.32 Å². The van der Waals surface area contributed by atoms with Gasteiger partial charge in [0.1, 0.15) is 0 Å². The Labute approximate surface area is 54.9 Å². The van der Waals surface area contributed by atoms with E-state index in [1.165, 1.54) is 0 Å². The Morgan fingerprint density at radius 3 is 3.22 bits per heavy atom. The Hall–Kier alpha value is -0.700. The van der Waals surface area contributed by atoms with Crippen LogP contribution in [0, 0.1) is 0 Å². The standard InChI is InChI=1S/C6H11N3/c1-2-8-5-6-9-4-3-7-1/h1,4,8H,2-3,5-6H2. The average molecular weight is 125 g/mol. The van der Waals surface area contributed by atoms with Crippen molar-refractivity contribution in [2.24, 2.45) is 9.98 Å². The monoisotopic (exact) mass is 125 g/mol. The zero-order chi connectivity index (χ0) is 6.36. The summed E-state index contributed by atoms with van der Waals surface area (Å²) in [6.45, 7) is 3.46. The fraction of sp³-hybridized carbons (Fsp3) is 0.667. The molecule has 0 saturated carbocycles. The molecule has 1 N–H and O–H groups in total. The van der Waals surface area contributed by atoms with Crippen LogP contribution >= 0.6 is 0 Å². The normalized spacial score (nSPS) is 20.4. The summed E-state index contributed by atoms with van der Waals surface area (Å²) in [5.41, 5.74) is 0. The van der Waals surface area contributed by atoms with Crippen molar-refractivity contribution in [3.63, 3.8) is 0 Å². The van der Waals surface area contributed by atoms with Crippen LogP contribution in [0.3, 0.4) is 0 Å². The maximum atomic E-state index is 4.09. The second-order valence-corrected chi connectivity index (χ2v) is 1.84. The molecule has 9 heavy (non-hydrogen) atoms. The van der Waals surface area contributed by atoms with Crippen molar-refractivity contribution in [2.75, 3.05) is 26.2 Å². The zero-order valence-electron chi connectivity index (χ0n) is 5.38. The van der Waals surface area contributed by atoms with Gasteiger partial charge in [0, 0.05) is 25.5 Å². The number of hydrogen-bond acceptors (Lipinski definition) is 3. The van der Waals surface area contributed by atoms with Crippen LogP contribution in [0.5, 0.6) is 0 Å². The van der Waals surface area contributed by atoms with Crippen molar-refractivity contribution in [1.29, 1.82) is 0 Å². The number of nitrogens with one attached hydrogen (secondary N) is 1. The summed E-state index contributed by atoms with van der Waals surface area (Å²) in [5, 5.41) is 3.16. The summed E-state index contributed by atoms with van der Waals surface area (Å²) < 4.78 is 0. The first-order valence-corrected chi connectivity index (χ1v) is 3.17. The van der Waals surface area contributed by atoms with Crippen LogP contribution in [0.4, 0.5) is 0 Å². The third-order valence-corrected chi connectivity index (χ3v) is 1.10. The minimum Gasteiger partial charge on any atom is -0.310 e. The lowest BCUT2D eigenvalue weighted by atomic mass is 10.6. The van der Waals surface area contributed by atoms with Gasteiger partial charge in [-0.1, -0.05) is 0 Å². The van der Waals surface area contributed by atoms with Crippen LogP contribution in [0.15, 0.2) is 9.98 Å². The predicted octanol–water partition coefficient (Wildman–Crippen LogP) is -0.269. The van der Waals surface area contributed by atoms with Crippen molar-refractivity contribution < 1.29 is 0 Å². The molecular formula is C6H11N3. The molecule has 3 nitrogen and oxygen atoms in total. The lowest BCUT2D eigenvalue weighted by molar-refractivity contribution is 0.776. The molecule has 0 saturated heterocycles. The molecule has 0 radical (unpaired) electrons. The summed E-state index contributed by atoms with van der Waals surface area (Å²) >= 11 is 0. The molecule has 0 fully saturated rings. The van der Waals surface area contributed by atoms with Gasteiger partial charge in [0.05, 0.1) is 13.1 Å². The van der Waals surface area contributed by atoms with E-state index in [9.17, 15) is 0 Å². The van der Waals surface area contributed by atoms with Crippen molar-refractivity contribution in [2.45, 2.75) is 0 Å². The first-order valence-electron chi connectivity index (χ1n) is 3.17. The maximum Gasteiger partial charge on any atom is 0.0734 e. The van der Waals surface area contributed by atoms with E-state index in [1.807, 2.05) is 12.4 Å². The van der Waals surface area contributed by atoms with Crippen molar-refractivity contribution in [3.05, 3.63) is 0 Å². The molecule has 1 aliphatic heterocycles. The lowest BCUT2D eigenvalue weighted by Gasteiger charge is -1.93. The Bertz CT molecular complexity index is 103. The number of nitrogens with zero attached hydrogens (tertiary/aromatic N) is 2. The van der Waals surface area contributed by atoms with Gasteiger partial charge in [-0.15, -0.1) is 0 Å². The third-order valence-electron chi connectivity index (χ3n) is 1.10. The number of rotatable bonds is 0. The Balaban J connectivity index is 2.28. The fourth-order valence-corrected chi connectivity index (χ4v) is 0.645. The summed E-state index contributed by atoms with van der Waals surface area (Å²) in [6, 6.07) is 0. The van der Waals surface area contributed by atoms with Crippen molar-refractivity contribution >= 4 is 12.4 Å². The first-order chi connectivity index (χ1) is 4.50. The van der Waals surface area contributed by atoms with E-state index in [0.29, 0.717) is 0 Å². The highest BCUT2D eigenvalue weighted by atomic mass is 14.9. The molecule has 1 rings (SSSR count). The smallest absolute Gasteiger partial charge is 0.0734 e. The number of aliphatic imine (C=N–C) groups is 2. The van der Waals surface area contributed by atoms with Crippen LogP contribution in [0.25, 0.3) is 0 Å². The highest BCUT2D eigenvalue weighted by Gasteiger charge is 1.83. The van der Waals surface area contributed by atoms with Gasteiger partial charge in [0.25, 0.3) is 0 Å². The van der Waals surface area contributed by atoms with E-state index < -0.39 is 0 Å². The van der Waals surface area contributed by atoms with E-state index in [2.05, 4.69) is 15.3 Å². The van der Waals surface area contributed by atoms with E-state index in [1.54, 1.807) is 0 Å². The molecule has 0 bridgehead atoms. The molecule has 0 spiro atoms. The van der Waals surface area contributed by atoms with Crippen molar-refractivity contribution in [3.8, 4) is 0 Å². The average Bonchev–Trinajstić information content (AvgIpc) is 2.00. The molecule has 0 aromatic rings. The summed E-state index contributed by atoms with van der Waals surface area (Å²) in [6.07, 6.45) is 3.74. The SMILES string of the molecule is C1=NCC=NCCNC1. The molecule has 0 aromatic carbocycles. The first kappa shape index (κ1) is 6.42. The van der Waals surface area contributed by atoms with Crippen LogP contribution in [0.1, 0.15) is 0 Å². The van der Waals surface area contributed by atoms with Crippen LogP contribution < -0.4 is 5.32 Å². The molecule has 0 aliphatic carbocycles. The highest BCUT2D eigenvalue weighted by molar-refractivity contribution is 5.66. The predicted molar refractivity (Wildman–Crippen MR) is 39.6 cm³/mol. The zero-order valence-corrected chi connectivity index (χ0v) is 5.38. The molecule has 3 heteroatoms. The van der Waals surface area contributed by atoms with Gasteiger partial charge in [-0.25, -0.2) is 0 Å². The Morgan fingerprint density at radius 1 is 1.22 bits per heavy atom. The minimum absolute atomic E-state index is 0.738. The molecule has 1 heterocycles. The lowest BCUT2D eigenvalue weighted by Crippen LogP contribution is -2.19. The van der Waals surface area contributed by atoms with E-state index in [-0.39, 0.29) is 0 Å². The third kappa shape index (κ3) is 2.98. The second kappa shape index (κ2) is 4.21. The Morgan fingerprint density at radius 2 is 2.22 bits per heavy atom. The minimum atomic E-state index is 0.738. The van der Waals surface area contributed by atoms with Crippen LogP contribution in [-0.4, -0.2) is 38.6 Å². The molecule has 0 amide bonds. The van der Waals surface area contributed by atoms with Gasteiger partial charge in [-0.3, -0.25) is 9.98 Å². The molecule has 1 aliphatic rings. The fourth-order valence-electron chi connectivity index (χ4n) is 0.645. The number of hydrogen-bond donors (Lipinski definition) is 1.